The monoisotopic (exact) mass is 450 g/mol. The minimum absolute atomic E-state index is 0. The lowest BCUT2D eigenvalue weighted by atomic mass is 10.1. The van der Waals surface area contributed by atoms with Crippen LogP contribution in [-0.2, 0) is 0 Å². The molecule has 2 heterocycles. The predicted octanol–water partition coefficient (Wildman–Crippen LogP) is 5.08. The van der Waals surface area contributed by atoms with Crippen molar-refractivity contribution in [3.05, 3.63) is 59.8 Å². The van der Waals surface area contributed by atoms with Gasteiger partial charge in [0, 0.05) is 29.7 Å². The number of nitrogens with one attached hydrogen (secondary N) is 1. The van der Waals surface area contributed by atoms with Crippen molar-refractivity contribution in [2.45, 2.75) is 6.42 Å². The number of rotatable bonds is 6. The van der Waals surface area contributed by atoms with Gasteiger partial charge in [-0.3, -0.25) is 9.69 Å². The molecule has 5 nitrogen and oxygen atoms in total. The molecule has 4 rings (SSSR count). The Bertz CT molecular complexity index is 1190. The number of halogens is 3. The first-order valence-electron chi connectivity index (χ1n) is 9.22. The first-order valence-corrected chi connectivity index (χ1v) is 10.0. The lowest BCUT2D eigenvalue weighted by Crippen LogP contribution is -2.33. The van der Waals surface area contributed by atoms with Gasteiger partial charge in [0.2, 0.25) is 0 Å². The molecular weight excluding hydrogens is 430 g/mol. The molecule has 0 unspecified atom stereocenters. The standard InChI is InChI=1S/C21H20F2N4OS.ClH/c1-26(2)8-5-9-27(20(28)15-12-24-17-7-4-3-6-14(15)17)21-25-19-16(23)10-13(22)11-18(19)29-21;/h3-4,6-7,10-12,24H,5,8-9H2,1-2H3;1H. The summed E-state index contributed by atoms with van der Waals surface area (Å²) in [6.07, 6.45) is 2.40. The molecule has 0 aliphatic heterocycles. The summed E-state index contributed by atoms with van der Waals surface area (Å²) >= 11 is 1.11. The quantitative estimate of drug-likeness (QED) is 0.446. The first kappa shape index (κ1) is 22.1. The summed E-state index contributed by atoms with van der Waals surface area (Å²) in [6, 6.07) is 9.60. The number of hydrogen-bond acceptors (Lipinski definition) is 4. The van der Waals surface area contributed by atoms with Gasteiger partial charge in [-0.15, -0.1) is 12.4 Å². The van der Waals surface area contributed by atoms with Crippen LogP contribution in [0.3, 0.4) is 0 Å². The predicted molar refractivity (Wildman–Crippen MR) is 120 cm³/mol. The van der Waals surface area contributed by atoms with Crippen LogP contribution < -0.4 is 4.90 Å². The van der Waals surface area contributed by atoms with E-state index in [-0.39, 0.29) is 23.8 Å². The van der Waals surface area contributed by atoms with E-state index in [0.717, 1.165) is 34.9 Å². The van der Waals surface area contributed by atoms with E-state index in [4.69, 9.17) is 0 Å². The number of nitrogens with zero attached hydrogens (tertiary/aromatic N) is 3. The number of hydrogen-bond donors (Lipinski definition) is 1. The maximum atomic E-state index is 14.2. The van der Waals surface area contributed by atoms with Crippen LogP contribution >= 0.6 is 23.7 Å². The van der Waals surface area contributed by atoms with Crippen molar-refractivity contribution in [3.8, 4) is 0 Å². The van der Waals surface area contributed by atoms with Crippen molar-refractivity contribution in [2.75, 3.05) is 32.1 Å². The second-order valence-corrected chi connectivity index (χ2v) is 8.10. The molecule has 1 amide bonds. The van der Waals surface area contributed by atoms with E-state index < -0.39 is 11.6 Å². The highest BCUT2D eigenvalue weighted by Gasteiger charge is 2.24. The number of amides is 1. The van der Waals surface area contributed by atoms with Gasteiger partial charge in [-0.25, -0.2) is 13.8 Å². The molecule has 30 heavy (non-hydrogen) atoms. The summed E-state index contributed by atoms with van der Waals surface area (Å²) < 4.78 is 28.1. The summed E-state index contributed by atoms with van der Waals surface area (Å²) in [4.78, 5) is 24.4. The number of thiazole rings is 1. The number of benzene rings is 2. The maximum Gasteiger partial charge on any atom is 0.262 e. The summed E-state index contributed by atoms with van der Waals surface area (Å²) in [7, 11) is 3.92. The van der Waals surface area contributed by atoms with Gasteiger partial charge >= 0.3 is 0 Å². The van der Waals surface area contributed by atoms with Gasteiger partial charge in [0.25, 0.3) is 5.91 Å². The van der Waals surface area contributed by atoms with Gasteiger partial charge in [-0.2, -0.15) is 0 Å². The zero-order chi connectivity index (χ0) is 20.5. The van der Waals surface area contributed by atoms with E-state index in [1.165, 1.54) is 6.07 Å². The van der Waals surface area contributed by atoms with Crippen LogP contribution in [0.1, 0.15) is 16.8 Å². The zero-order valence-electron chi connectivity index (χ0n) is 16.5. The van der Waals surface area contributed by atoms with Crippen LogP contribution in [0, 0.1) is 11.6 Å². The van der Waals surface area contributed by atoms with Gasteiger partial charge in [0.05, 0.1) is 10.3 Å². The Balaban J connectivity index is 0.00000256. The lowest BCUT2D eigenvalue weighted by Gasteiger charge is -2.20. The van der Waals surface area contributed by atoms with Crippen LogP contribution in [0.25, 0.3) is 21.1 Å². The Morgan fingerprint density at radius 2 is 1.93 bits per heavy atom. The molecule has 0 aliphatic carbocycles. The zero-order valence-corrected chi connectivity index (χ0v) is 18.1. The minimum Gasteiger partial charge on any atom is -0.360 e. The Kier molecular flexibility index (Phi) is 6.70. The summed E-state index contributed by atoms with van der Waals surface area (Å²) in [5, 5.41) is 1.17. The van der Waals surface area contributed by atoms with Crippen molar-refractivity contribution >= 4 is 55.9 Å². The molecule has 0 aliphatic rings. The molecule has 1 N–H and O–H groups in total. The molecule has 0 atom stereocenters. The van der Waals surface area contributed by atoms with Crippen molar-refractivity contribution in [1.82, 2.24) is 14.9 Å². The topological polar surface area (TPSA) is 52.2 Å². The molecule has 2 aromatic heterocycles. The van der Waals surface area contributed by atoms with Gasteiger partial charge < -0.3 is 9.88 Å². The Morgan fingerprint density at radius 3 is 2.70 bits per heavy atom. The van der Waals surface area contributed by atoms with Gasteiger partial charge in [0.15, 0.2) is 10.9 Å². The largest absolute Gasteiger partial charge is 0.360 e. The molecule has 0 saturated heterocycles. The third kappa shape index (κ3) is 4.30. The molecule has 0 bridgehead atoms. The number of para-hydroxylation sites is 1. The molecule has 2 aromatic carbocycles. The normalized spacial score (nSPS) is 11.2. The van der Waals surface area contributed by atoms with E-state index in [0.29, 0.717) is 28.4 Å². The van der Waals surface area contributed by atoms with Crippen LogP contribution in [0.5, 0.6) is 0 Å². The molecule has 9 heteroatoms. The summed E-state index contributed by atoms with van der Waals surface area (Å²) in [5.41, 5.74) is 1.47. The average molecular weight is 451 g/mol. The Labute approximate surface area is 182 Å². The Morgan fingerprint density at radius 1 is 1.17 bits per heavy atom. The molecule has 0 radical (unpaired) electrons. The van der Waals surface area contributed by atoms with Crippen molar-refractivity contribution in [3.63, 3.8) is 0 Å². The second kappa shape index (κ2) is 9.07. The Hall–Kier alpha value is -2.55. The highest BCUT2D eigenvalue weighted by Crippen LogP contribution is 2.32. The van der Waals surface area contributed by atoms with Crippen molar-refractivity contribution < 1.29 is 13.6 Å². The fourth-order valence-electron chi connectivity index (χ4n) is 3.28. The van der Waals surface area contributed by atoms with Crippen LogP contribution in [0.15, 0.2) is 42.6 Å². The molecule has 158 valence electrons. The SMILES string of the molecule is CN(C)CCCN(C(=O)c1c[nH]c2ccccc12)c1nc2c(F)cc(F)cc2s1.Cl. The molecule has 0 spiro atoms. The number of carbonyl (C=O) groups is 1. The van der Waals surface area contributed by atoms with Gasteiger partial charge in [0.1, 0.15) is 11.3 Å². The van der Waals surface area contributed by atoms with Crippen molar-refractivity contribution in [2.24, 2.45) is 0 Å². The summed E-state index contributed by atoms with van der Waals surface area (Å²) in [6.45, 7) is 1.20. The van der Waals surface area contributed by atoms with E-state index in [9.17, 15) is 13.6 Å². The number of anilines is 1. The van der Waals surface area contributed by atoms with E-state index in [2.05, 4.69) is 9.97 Å². The third-order valence-corrected chi connectivity index (χ3v) is 5.71. The smallest absolute Gasteiger partial charge is 0.262 e. The highest BCUT2D eigenvalue weighted by atomic mass is 35.5. The number of H-pyrrole nitrogens is 1. The number of aromatic nitrogens is 2. The van der Waals surface area contributed by atoms with E-state index in [1.807, 2.05) is 43.3 Å². The van der Waals surface area contributed by atoms with Crippen LogP contribution in [0.4, 0.5) is 13.9 Å². The second-order valence-electron chi connectivity index (χ2n) is 7.09. The van der Waals surface area contributed by atoms with E-state index >= 15 is 0 Å². The van der Waals surface area contributed by atoms with Crippen molar-refractivity contribution in [1.29, 1.82) is 0 Å². The maximum absolute atomic E-state index is 14.2. The summed E-state index contributed by atoms with van der Waals surface area (Å²) in [5.74, 6) is -1.61. The first-order chi connectivity index (χ1) is 13.9. The molecular formula is C21H21ClF2N4OS. The minimum atomic E-state index is -0.727. The fourth-order valence-corrected chi connectivity index (χ4v) is 4.31. The van der Waals surface area contributed by atoms with Crippen LogP contribution in [0.2, 0.25) is 0 Å². The molecule has 0 saturated carbocycles. The number of aromatic amines is 1. The van der Waals surface area contributed by atoms with E-state index in [1.54, 1.807) is 11.1 Å². The fraction of sp³-hybridized carbons (Fsp3) is 0.238. The van der Waals surface area contributed by atoms with Gasteiger partial charge in [-0.05, 0) is 39.2 Å². The van der Waals surface area contributed by atoms with Crippen LogP contribution in [-0.4, -0.2) is 48.0 Å². The number of carbonyl (C=O) groups excluding carboxylic acids is 1. The molecule has 0 fully saturated rings. The number of fused-ring (bicyclic) bond motifs is 2. The molecule has 4 aromatic rings. The average Bonchev–Trinajstić information content (AvgIpc) is 3.28. The van der Waals surface area contributed by atoms with Gasteiger partial charge in [-0.1, -0.05) is 29.5 Å². The third-order valence-electron chi connectivity index (χ3n) is 4.68. The lowest BCUT2D eigenvalue weighted by molar-refractivity contribution is 0.0987. The highest BCUT2D eigenvalue weighted by molar-refractivity contribution is 7.22.